The summed E-state index contributed by atoms with van der Waals surface area (Å²) < 4.78 is 0. The van der Waals surface area contributed by atoms with Crippen molar-refractivity contribution in [2.24, 2.45) is 11.3 Å². The van der Waals surface area contributed by atoms with E-state index in [-0.39, 0.29) is 5.41 Å². The van der Waals surface area contributed by atoms with Crippen LogP contribution in [0.1, 0.15) is 41.5 Å². The first-order valence-corrected chi connectivity index (χ1v) is 5.33. The van der Waals surface area contributed by atoms with Crippen LogP contribution in [0.5, 0.6) is 0 Å². The van der Waals surface area contributed by atoms with Crippen LogP contribution in [0, 0.1) is 11.3 Å². The van der Waals surface area contributed by atoms with Crippen molar-refractivity contribution in [3.05, 3.63) is 36.0 Å². The van der Waals surface area contributed by atoms with Crippen LogP contribution in [0.15, 0.2) is 36.0 Å². The Morgan fingerprint density at radius 3 is 1.93 bits per heavy atom. The van der Waals surface area contributed by atoms with E-state index in [0.717, 1.165) is 0 Å². The number of hydrogen-bond acceptors (Lipinski definition) is 0. The summed E-state index contributed by atoms with van der Waals surface area (Å²) >= 11 is 0. The second-order valence-corrected chi connectivity index (χ2v) is 5.00. The predicted molar refractivity (Wildman–Crippen MR) is 66.3 cm³/mol. The molecule has 0 aliphatic carbocycles. The molecule has 80 valence electrons. The van der Waals surface area contributed by atoms with Crippen LogP contribution in [-0.2, 0) is 0 Å². The fourth-order valence-corrected chi connectivity index (χ4v) is 1.37. The van der Waals surface area contributed by atoms with Crippen LogP contribution in [0.25, 0.3) is 0 Å². The maximum Gasteiger partial charge on any atom is -0.0135 e. The molecule has 0 fully saturated rings. The van der Waals surface area contributed by atoms with Crippen LogP contribution >= 0.6 is 0 Å². The van der Waals surface area contributed by atoms with Gasteiger partial charge in [-0.25, -0.2) is 0 Å². The Hall–Kier alpha value is -0.780. The molecule has 0 heterocycles. The van der Waals surface area contributed by atoms with E-state index < -0.39 is 0 Å². The van der Waals surface area contributed by atoms with Crippen LogP contribution in [0.2, 0.25) is 0 Å². The number of hydrogen-bond donors (Lipinski definition) is 0. The molecule has 0 rings (SSSR count). The zero-order valence-electron chi connectivity index (χ0n) is 10.5. The third-order valence-corrected chi connectivity index (χ3v) is 2.40. The van der Waals surface area contributed by atoms with E-state index >= 15 is 0 Å². The maximum absolute atomic E-state index is 3.86. The minimum Gasteiger partial charge on any atom is -0.0988 e. The summed E-state index contributed by atoms with van der Waals surface area (Å²) in [6.45, 7) is 17.1. The van der Waals surface area contributed by atoms with Gasteiger partial charge in [0.2, 0.25) is 0 Å². The van der Waals surface area contributed by atoms with Crippen molar-refractivity contribution >= 4 is 0 Å². The molecule has 0 saturated carbocycles. The van der Waals surface area contributed by atoms with Crippen molar-refractivity contribution in [1.29, 1.82) is 0 Å². The van der Waals surface area contributed by atoms with Gasteiger partial charge in [0.1, 0.15) is 0 Å². The van der Waals surface area contributed by atoms with Crippen molar-refractivity contribution < 1.29 is 0 Å². The topological polar surface area (TPSA) is 0 Å². The summed E-state index contributed by atoms with van der Waals surface area (Å²) in [4.78, 5) is 0. The summed E-state index contributed by atoms with van der Waals surface area (Å²) in [6, 6.07) is 0. The molecular weight excluding hydrogens is 168 g/mol. The van der Waals surface area contributed by atoms with Gasteiger partial charge in [0.25, 0.3) is 0 Å². The molecule has 0 heteroatoms. The second kappa shape index (κ2) is 5.19. The molecule has 0 unspecified atom stereocenters. The first-order chi connectivity index (χ1) is 6.32. The average molecular weight is 192 g/mol. The van der Waals surface area contributed by atoms with Crippen LogP contribution in [0.4, 0.5) is 0 Å². The summed E-state index contributed by atoms with van der Waals surface area (Å²) in [7, 11) is 0. The maximum atomic E-state index is 3.86. The van der Waals surface area contributed by atoms with Gasteiger partial charge in [-0.05, 0) is 29.4 Å². The van der Waals surface area contributed by atoms with E-state index in [9.17, 15) is 0 Å². The fourth-order valence-electron chi connectivity index (χ4n) is 1.37. The molecule has 0 aliphatic rings. The van der Waals surface area contributed by atoms with Crippen LogP contribution in [-0.4, -0.2) is 0 Å². The summed E-state index contributed by atoms with van der Waals surface area (Å²) in [5.74, 6) is 0.546. The summed E-state index contributed by atoms with van der Waals surface area (Å²) in [5.41, 5.74) is 2.91. The Kier molecular flexibility index (Phi) is 4.90. The first-order valence-electron chi connectivity index (χ1n) is 5.33. The highest BCUT2D eigenvalue weighted by molar-refractivity contribution is 5.33. The zero-order valence-corrected chi connectivity index (χ0v) is 10.5. The summed E-state index contributed by atoms with van der Waals surface area (Å²) in [5, 5.41) is 0. The molecule has 0 spiro atoms. The Balaban J connectivity index is 5.02. The lowest BCUT2D eigenvalue weighted by molar-refractivity contribution is 0.515. The monoisotopic (exact) mass is 192 g/mol. The van der Waals surface area contributed by atoms with E-state index in [1.807, 2.05) is 6.08 Å². The van der Waals surface area contributed by atoms with E-state index in [1.54, 1.807) is 0 Å². The van der Waals surface area contributed by atoms with E-state index in [2.05, 4.69) is 60.3 Å². The normalized spacial score (nSPS) is 14.8. The highest BCUT2D eigenvalue weighted by Crippen LogP contribution is 2.28. The zero-order chi connectivity index (χ0) is 11.4. The highest BCUT2D eigenvalue weighted by Gasteiger charge is 2.14. The van der Waals surface area contributed by atoms with Gasteiger partial charge >= 0.3 is 0 Å². The Bertz CT molecular complexity index is 244. The molecule has 0 radical (unpaired) electrons. The van der Waals surface area contributed by atoms with Crippen LogP contribution < -0.4 is 0 Å². The fraction of sp³-hybridized carbons (Fsp3) is 0.571. The molecule has 0 nitrogen and oxygen atoms in total. The smallest absolute Gasteiger partial charge is 0.0135 e. The Morgan fingerprint density at radius 1 is 1.21 bits per heavy atom. The highest BCUT2D eigenvalue weighted by atomic mass is 14.2. The lowest BCUT2D eigenvalue weighted by Gasteiger charge is -2.21. The number of allylic oxidation sites excluding steroid dienone is 5. The van der Waals surface area contributed by atoms with Crippen molar-refractivity contribution in [2.45, 2.75) is 41.5 Å². The largest absolute Gasteiger partial charge is 0.0988 e. The SMILES string of the molecule is C=C/C(=C\C(=C/C)C(C)(C)C)C(C)C. The molecule has 0 aromatic rings. The van der Waals surface area contributed by atoms with Gasteiger partial charge in [0.15, 0.2) is 0 Å². The number of rotatable bonds is 3. The lowest BCUT2D eigenvalue weighted by Crippen LogP contribution is -2.08. The van der Waals surface area contributed by atoms with Crippen molar-refractivity contribution in [3.8, 4) is 0 Å². The van der Waals surface area contributed by atoms with Crippen LogP contribution in [0.3, 0.4) is 0 Å². The average Bonchev–Trinajstić information content (AvgIpc) is 2.03. The van der Waals surface area contributed by atoms with E-state index in [1.165, 1.54) is 11.1 Å². The molecule has 0 amide bonds. The second-order valence-electron chi connectivity index (χ2n) is 5.00. The van der Waals surface area contributed by atoms with Gasteiger partial charge in [-0.3, -0.25) is 0 Å². The molecule has 0 N–H and O–H groups in total. The predicted octanol–water partition coefficient (Wildman–Crippen LogP) is 4.75. The molecule has 0 saturated heterocycles. The molecule has 0 aromatic heterocycles. The van der Waals surface area contributed by atoms with Gasteiger partial charge in [-0.15, -0.1) is 0 Å². The quantitative estimate of drug-likeness (QED) is 0.566. The van der Waals surface area contributed by atoms with Crippen molar-refractivity contribution in [1.82, 2.24) is 0 Å². The first kappa shape index (κ1) is 13.2. The minimum atomic E-state index is 0.220. The van der Waals surface area contributed by atoms with Gasteiger partial charge in [-0.2, -0.15) is 0 Å². The van der Waals surface area contributed by atoms with Crippen molar-refractivity contribution in [2.75, 3.05) is 0 Å². The molecule has 14 heavy (non-hydrogen) atoms. The standard InChI is InChI=1S/C14H24/c1-8-12(11(3)4)10-13(9-2)14(5,6)7/h8-11H,1H2,2-7H3/b12-10+,13-9+. The molecule has 0 aromatic carbocycles. The third kappa shape index (κ3) is 3.95. The van der Waals surface area contributed by atoms with Crippen molar-refractivity contribution in [3.63, 3.8) is 0 Å². The minimum absolute atomic E-state index is 0.220. The van der Waals surface area contributed by atoms with Gasteiger partial charge in [0, 0.05) is 0 Å². The van der Waals surface area contributed by atoms with Gasteiger partial charge in [-0.1, -0.05) is 59.4 Å². The molecule has 0 bridgehead atoms. The van der Waals surface area contributed by atoms with E-state index in [0.29, 0.717) is 5.92 Å². The Morgan fingerprint density at radius 2 is 1.71 bits per heavy atom. The third-order valence-electron chi connectivity index (χ3n) is 2.40. The molecule has 0 atom stereocenters. The molecule has 0 aliphatic heterocycles. The molecular formula is C14H24. The van der Waals surface area contributed by atoms with Gasteiger partial charge < -0.3 is 0 Å². The van der Waals surface area contributed by atoms with E-state index in [4.69, 9.17) is 0 Å². The Labute approximate surface area is 89.4 Å². The summed E-state index contributed by atoms with van der Waals surface area (Å²) in [6.07, 6.45) is 6.41. The lowest BCUT2D eigenvalue weighted by atomic mass is 9.84. The van der Waals surface area contributed by atoms with Gasteiger partial charge in [0.05, 0.1) is 0 Å².